The van der Waals surface area contributed by atoms with E-state index in [1.165, 1.54) is 6.92 Å². The van der Waals surface area contributed by atoms with Crippen LogP contribution < -0.4 is 5.56 Å². The van der Waals surface area contributed by atoms with E-state index in [9.17, 15) is 35.9 Å². The first-order valence-corrected chi connectivity index (χ1v) is 15.3. The van der Waals surface area contributed by atoms with Crippen molar-refractivity contribution in [1.82, 2.24) is 20.0 Å². The summed E-state index contributed by atoms with van der Waals surface area (Å²) in [5, 5.41) is 5.97. The van der Waals surface area contributed by atoms with Crippen molar-refractivity contribution in [1.29, 1.82) is 0 Å². The van der Waals surface area contributed by atoms with E-state index in [4.69, 9.17) is 0 Å². The van der Waals surface area contributed by atoms with Crippen LogP contribution in [0.25, 0.3) is 0 Å². The number of aliphatic imine (C=N–C) groups is 1. The molecule has 1 aliphatic carbocycles. The first kappa shape index (κ1) is 39.1. The molecule has 44 heavy (non-hydrogen) atoms. The van der Waals surface area contributed by atoms with Crippen molar-refractivity contribution < 1.29 is 31.1 Å². The quantitative estimate of drug-likeness (QED) is 0.129. The fraction of sp³-hybridized carbons (Fsp3) is 0.677. The molecule has 1 aromatic rings. The van der Waals surface area contributed by atoms with Crippen LogP contribution in [0.5, 0.6) is 0 Å². The number of halogens is 6. The average molecular weight is 636 g/mol. The Hall–Kier alpha value is -2.96. The molecule has 1 unspecified atom stereocenters. The van der Waals surface area contributed by atoms with Gasteiger partial charge in [-0.3, -0.25) is 19.5 Å². The zero-order valence-electron chi connectivity index (χ0n) is 26.7. The number of hydrogen-bond acceptors (Lipinski definition) is 5. The molecule has 0 fully saturated rings. The molecule has 13 heteroatoms. The molecule has 0 spiro atoms. The second kappa shape index (κ2) is 18.8. The lowest BCUT2D eigenvalue weighted by Crippen LogP contribution is -2.37. The van der Waals surface area contributed by atoms with E-state index in [1.807, 2.05) is 35.7 Å². The van der Waals surface area contributed by atoms with Crippen LogP contribution in [-0.2, 0) is 17.4 Å². The SMILES string of the molecule is CCCCCN(CCC)C(=O)CCN(CC)C1CCc2c1n[nH]c(=O)c2C(F)(F)F.C\C=C(/C=N/C(C)=C/CC)C(F)(F)F. The minimum Gasteiger partial charge on any atom is -0.343 e. The maximum atomic E-state index is 13.3. The number of allylic oxidation sites excluding steroid dienone is 4. The van der Waals surface area contributed by atoms with Crippen molar-refractivity contribution in [3.63, 3.8) is 0 Å². The highest BCUT2D eigenvalue weighted by molar-refractivity contribution is 5.80. The van der Waals surface area contributed by atoms with Gasteiger partial charge in [-0.15, -0.1) is 0 Å². The lowest BCUT2D eigenvalue weighted by Gasteiger charge is -2.29. The van der Waals surface area contributed by atoms with Crippen LogP contribution in [-0.4, -0.2) is 64.5 Å². The minimum absolute atomic E-state index is 0.00629. The number of amides is 1. The summed E-state index contributed by atoms with van der Waals surface area (Å²) in [7, 11) is 0. The summed E-state index contributed by atoms with van der Waals surface area (Å²) >= 11 is 0. The van der Waals surface area contributed by atoms with E-state index in [1.54, 1.807) is 13.0 Å². The lowest BCUT2D eigenvalue weighted by molar-refractivity contribution is -0.139. The maximum Gasteiger partial charge on any atom is 0.422 e. The molecule has 1 heterocycles. The molecule has 1 atom stereocenters. The molecule has 0 bridgehead atoms. The third-order valence-electron chi connectivity index (χ3n) is 7.27. The summed E-state index contributed by atoms with van der Waals surface area (Å²) in [6.07, 6.45) is 0.344. The molecule has 2 rings (SSSR count). The molecule has 1 aliphatic rings. The van der Waals surface area contributed by atoms with E-state index in [0.29, 0.717) is 31.6 Å². The maximum absolute atomic E-state index is 13.3. The van der Waals surface area contributed by atoms with Crippen molar-refractivity contribution >= 4 is 12.1 Å². The Kier molecular flexibility index (Phi) is 16.7. The van der Waals surface area contributed by atoms with Crippen LogP contribution in [0.1, 0.15) is 109 Å². The lowest BCUT2D eigenvalue weighted by atomic mass is 10.1. The summed E-state index contributed by atoms with van der Waals surface area (Å²) < 4.78 is 76.6. The number of rotatable bonds is 14. The number of alkyl halides is 6. The predicted octanol–water partition coefficient (Wildman–Crippen LogP) is 7.80. The van der Waals surface area contributed by atoms with Crippen LogP contribution in [0.3, 0.4) is 0 Å². The molecule has 1 N–H and O–H groups in total. The number of carbonyl (C=O) groups is 1. The number of carbonyl (C=O) groups excluding carboxylic acids is 1. The van der Waals surface area contributed by atoms with E-state index in [2.05, 4.69) is 17.0 Å². The highest BCUT2D eigenvalue weighted by Gasteiger charge is 2.42. The Balaban J connectivity index is 0.000000582. The van der Waals surface area contributed by atoms with Crippen molar-refractivity contribution in [2.45, 2.75) is 111 Å². The molecule has 1 aromatic heterocycles. The third-order valence-corrected chi connectivity index (χ3v) is 7.27. The number of unbranched alkanes of at least 4 members (excludes halogenated alkanes) is 2. The predicted molar refractivity (Wildman–Crippen MR) is 162 cm³/mol. The van der Waals surface area contributed by atoms with Crippen molar-refractivity contribution in [2.75, 3.05) is 26.2 Å². The van der Waals surface area contributed by atoms with Crippen LogP contribution in [0.15, 0.2) is 33.2 Å². The van der Waals surface area contributed by atoms with Gasteiger partial charge in [0.2, 0.25) is 5.91 Å². The van der Waals surface area contributed by atoms with Gasteiger partial charge in [-0.05, 0) is 58.1 Å². The van der Waals surface area contributed by atoms with Crippen molar-refractivity contribution in [3.8, 4) is 0 Å². The number of aromatic amines is 1. The smallest absolute Gasteiger partial charge is 0.343 e. The normalized spacial score (nSPS) is 15.9. The Labute approximate surface area is 256 Å². The molecular weight excluding hydrogens is 588 g/mol. The summed E-state index contributed by atoms with van der Waals surface area (Å²) in [5.74, 6) is 0.0787. The highest BCUT2D eigenvalue weighted by Crippen LogP contribution is 2.39. The fourth-order valence-corrected chi connectivity index (χ4v) is 5.05. The average Bonchev–Trinajstić information content (AvgIpc) is 3.35. The van der Waals surface area contributed by atoms with Gasteiger partial charge in [0.15, 0.2) is 0 Å². The van der Waals surface area contributed by atoms with Gasteiger partial charge in [-0.25, -0.2) is 5.10 Å². The largest absolute Gasteiger partial charge is 0.422 e. The van der Waals surface area contributed by atoms with Crippen LogP contribution in [0.4, 0.5) is 26.3 Å². The number of fused-ring (bicyclic) bond motifs is 1. The van der Waals surface area contributed by atoms with Crippen LogP contribution in [0, 0.1) is 0 Å². The number of aromatic nitrogens is 2. The van der Waals surface area contributed by atoms with Crippen LogP contribution >= 0.6 is 0 Å². The first-order chi connectivity index (χ1) is 20.7. The molecule has 250 valence electrons. The topological polar surface area (TPSA) is 81.7 Å². The summed E-state index contributed by atoms with van der Waals surface area (Å²) in [5.41, 5.74) is -2.18. The number of H-pyrrole nitrogens is 1. The Morgan fingerprint density at radius 2 is 1.73 bits per heavy atom. The summed E-state index contributed by atoms with van der Waals surface area (Å²) in [6, 6.07) is -0.324. The van der Waals surface area contributed by atoms with Gasteiger partial charge in [0, 0.05) is 38.0 Å². The third kappa shape index (κ3) is 12.2. The van der Waals surface area contributed by atoms with Gasteiger partial charge in [-0.2, -0.15) is 31.4 Å². The van der Waals surface area contributed by atoms with Crippen molar-refractivity contribution in [2.24, 2.45) is 4.99 Å². The number of hydrogen-bond donors (Lipinski definition) is 1. The van der Waals surface area contributed by atoms with Gasteiger partial charge in [0.05, 0.1) is 17.3 Å². The second-order valence-electron chi connectivity index (χ2n) is 10.6. The van der Waals surface area contributed by atoms with Gasteiger partial charge in [0.25, 0.3) is 5.56 Å². The minimum atomic E-state index is -4.71. The van der Waals surface area contributed by atoms with E-state index >= 15 is 0 Å². The number of nitrogens with zero attached hydrogens (tertiary/aromatic N) is 4. The molecule has 0 radical (unpaired) electrons. The van der Waals surface area contributed by atoms with Crippen molar-refractivity contribution in [3.05, 3.63) is 50.6 Å². The fourth-order valence-electron chi connectivity index (χ4n) is 5.05. The van der Waals surface area contributed by atoms with Crippen LogP contribution in [0.2, 0.25) is 0 Å². The molecule has 1 amide bonds. The Morgan fingerprint density at radius 1 is 1.05 bits per heavy atom. The summed E-state index contributed by atoms with van der Waals surface area (Å²) in [6.45, 7) is 13.5. The molecule has 0 aromatic carbocycles. The van der Waals surface area contributed by atoms with Gasteiger partial charge < -0.3 is 4.90 Å². The standard InChI is InChI=1S/C21H33F3N4O2.C10H14F3N/c1-4-7-8-13-28(12-5-2)17(29)11-14-27(6-3)16-10-9-15-18(21(22,23)24)20(30)26-25-19(15)16;1-4-6-8(3)14-7-9(5-2)10(11,12)13/h16H,4-14H2,1-3H3,(H,26,30);5-7H,4H2,1-3H3/b;8-6+,9-5+,14-7+. The number of nitrogens with one attached hydrogen (secondary N) is 1. The monoisotopic (exact) mass is 635 g/mol. The van der Waals surface area contributed by atoms with E-state index in [0.717, 1.165) is 57.5 Å². The molecular formula is C31H47F6N5O2. The highest BCUT2D eigenvalue weighted by atomic mass is 19.4. The van der Waals surface area contributed by atoms with Gasteiger partial charge >= 0.3 is 12.4 Å². The second-order valence-corrected chi connectivity index (χ2v) is 10.6. The van der Waals surface area contributed by atoms with Gasteiger partial charge in [0.1, 0.15) is 5.56 Å². The van der Waals surface area contributed by atoms with E-state index < -0.39 is 29.0 Å². The molecule has 0 aliphatic heterocycles. The molecule has 0 saturated heterocycles. The zero-order chi connectivity index (χ0) is 33.5. The Morgan fingerprint density at radius 3 is 2.25 bits per heavy atom. The van der Waals surface area contributed by atoms with E-state index in [-0.39, 0.29) is 29.6 Å². The molecule has 7 nitrogen and oxygen atoms in total. The van der Waals surface area contributed by atoms with Gasteiger partial charge in [-0.1, -0.05) is 52.7 Å². The summed E-state index contributed by atoms with van der Waals surface area (Å²) in [4.78, 5) is 32.0. The zero-order valence-corrected chi connectivity index (χ0v) is 26.7. The Bertz CT molecular complexity index is 1190. The first-order valence-electron chi connectivity index (χ1n) is 15.3. The molecule has 0 saturated carbocycles.